The predicted molar refractivity (Wildman–Crippen MR) is 82.6 cm³/mol. The topological polar surface area (TPSA) is 61.9 Å². The third-order valence-corrected chi connectivity index (χ3v) is 3.57. The third-order valence-electron chi connectivity index (χ3n) is 3.57. The number of rotatable bonds is 5. The minimum atomic E-state index is 0.577. The Hall–Kier alpha value is -2.30. The summed E-state index contributed by atoms with van der Waals surface area (Å²) in [6, 6.07) is 10.6. The molecule has 0 saturated heterocycles. The summed E-state index contributed by atoms with van der Waals surface area (Å²) in [4.78, 5) is 8.51. The molecule has 2 aromatic rings. The molecule has 1 saturated carbocycles. The molecule has 3 N–H and O–H groups in total. The maximum atomic E-state index is 4.26. The standard InChI is InChI=1S/C15H19N5/c1-16-11-5-7-13(8-6-11)20-15-9-14(17-10-18-15)19-12-3-2-4-12/h5-10,12,16H,2-4H2,1H3,(H2,17,18,19,20). The van der Waals surface area contributed by atoms with Gasteiger partial charge in [0.1, 0.15) is 18.0 Å². The molecule has 0 atom stereocenters. The van der Waals surface area contributed by atoms with Crippen molar-refractivity contribution in [1.82, 2.24) is 9.97 Å². The van der Waals surface area contributed by atoms with Crippen LogP contribution in [-0.2, 0) is 0 Å². The van der Waals surface area contributed by atoms with E-state index in [0.29, 0.717) is 6.04 Å². The number of hydrogen-bond donors (Lipinski definition) is 3. The van der Waals surface area contributed by atoms with Crippen LogP contribution in [0.2, 0.25) is 0 Å². The highest BCUT2D eigenvalue weighted by Gasteiger charge is 2.17. The lowest BCUT2D eigenvalue weighted by atomic mass is 9.93. The van der Waals surface area contributed by atoms with Gasteiger partial charge in [-0.1, -0.05) is 0 Å². The molecule has 5 nitrogen and oxygen atoms in total. The lowest BCUT2D eigenvalue weighted by molar-refractivity contribution is 0.444. The molecule has 1 aliphatic carbocycles. The molecule has 0 spiro atoms. The van der Waals surface area contributed by atoms with Gasteiger partial charge in [0, 0.05) is 30.5 Å². The molecule has 1 fully saturated rings. The van der Waals surface area contributed by atoms with Gasteiger partial charge in [-0.15, -0.1) is 0 Å². The van der Waals surface area contributed by atoms with Gasteiger partial charge in [0.25, 0.3) is 0 Å². The average Bonchev–Trinajstić information content (AvgIpc) is 2.44. The van der Waals surface area contributed by atoms with Gasteiger partial charge < -0.3 is 16.0 Å². The second kappa shape index (κ2) is 5.77. The summed E-state index contributed by atoms with van der Waals surface area (Å²) in [6.07, 6.45) is 5.37. The van der Waals surface area contributed by atoms with Crippen LogP contribution in [0.5, 0.6) is 0 Å². The fourth-order valence-electron chi connectivity index (χ4n) is 2.13. The minimum absolute atomic E-state index is 0.577. The fraction of sp³-hybridized carbons (Fsp3) is 0.333. The molecular weight excluding hydrogens is 250 g/mol. The quantitative estimate of drug-likeness (QED) is 0.778. The van der Waals surface area contributed by atoms with Crippen molar-refractivity contribution in [3.8, 4) is 0 Å². The number of nitrogens with one attached hydrogen (secondary N) is 3. The van der Waals surface area contributed by atoms with Crippen molar-refractivity contribution in [2.24, 2.45) is 0 Å². The first-order valence-electron chi connectivity index (χ1n) is 6.97. The van der Waals surface area contributed by atoms with Gasteiger partial charge in [0.15, 0.2) is 0 Å². The lowest BCUT2D eigenvalue weighted by Crippen LogP contribution is -2.27. The Labute approximate surface area is 118 Å². The van der Waals surface area contributed by atoms with E-state index in [2.05, 4.69) is 25.9 Å². The molecule has 0 radical (unpaired) electrons. The average molecular weight is 269 g/mol. The van der Waals surface area contributed by atoms with Crippen molar-refractivity contribution in [3.63, 3.8) is 0 Å². The molecule has 1 aromatic heterocycles. The van der Waals surface area contributed by atoms with E-state index in [-0.39, 0.29) is 0 Å². The maximum absolute atomic E-state index is 4.26. The van der Waals surface area contributed by atoms with Gasteiger partial charge in [-0.2, -0.15) is 0 Å². The summed E-state index contributed by atoms with van der Waals surface area (Å²) in [6.45, 7) is 0. The van der Waals surface area contributed by atoms with Crippen molar-refractivity contribution in [3.05, 3.63) is 36.7 Å². The van der Waals surface area contributed by atoms with Gasteiger partial charge >= 0.3 is 0 Å². The van der Waals surface area contributed by atoms with Gasteiger partial charge in [0.05, 0.1) is 0 Å². The van der Waals surface area contributed by atoms with Gasteiger partial charge in [-0.25, -0.2) is 9.97 Å². The number of aromatic nitrogens is 2. The van der Waals surface area contributed by atoms with Crippen molar-refractivity contribution in [1.29, 1.82) is 0 Å². The second-order valence-electron chi connectivity index (χ2n) is 5.01. The van der Waals surface area contributed by atoms with Crippen LogP contribution in [0.25, 0.3) is 0 Å². The lowest BCUT2D eigenvalue weighted by Gasteiger charge is -2.26. The number of nitrogens with zero attached hydrogens (tertiary/aromatic N) is 2. The van der Waals surface area contributed by atoms with Gasteiger partial charge in [-0.05, 0) is 43.5 Å². The smallest absolute Gasteiger partial charge is 0.135 e. The molecule has 20 heavy (non-hydrogen) atoms. The Morgan fingerprint density at radius 3 is 2.35 bits per heavy atom. The predicted octanol–water partition coefficient (Wildman–Crippen LogP) is 3.23. The Bertz CT molecular complexity index is 563. The molecule has 1 heterocycles. The third kappa shape index (κ3) is 2.99. The first-order valence-corrected chi connectivity index (χ1v) is 6.97. The van der Waals surface area contributed by atoms with Gasteiger partial charge in [-0.3, -0.25) is 0 Å². The zero-order chi connectivity index (χ0) is 13.8. The highest BCUT2D eigenvalue weighted by molar-refractivity contribution is 5.61. The van der Waals surface area contributed by atoms with E-state index in [0.717, 1.165) is 23.0 Å². The largest absolute Gasteiger partial charge is 0.388 e. The van der Waals surface area contributed by atoms with Crippen molar-refractivity contribution in [2.75, 3.05) is 23.0 Å². The molecule has 3 rings (SSSR count). The zero-order valence-electron chi connectivity index (χ0n) is 11.6. The summed E-state index contributed by atoms with van der Waals surface area (Å²) in [5.74, 6) is 1.69. The number of hydrogen-bond acceptors (Lipinski definition) is 5. The van der Waals surface area contributed by atoms with E-state index in [1.165, 1.54) is 19.3 Å². The van der Waals surface area contributed by atoms with Crippen molar-refractivity contribution < 1.29 is 0 Å². The first kappa shape index (κ1) is 12.7. The molecule has 0 aliphatic heterocycles. The van der Waals surface area contributed by atoms with E-state index >= 15 is 0 Å². The van der Waals surface area contributed by atoms with E-state index < -0.39 is 0 Å². The molecule has 1 aromatic carbocycles. The Morgan fingerprint density at radius 1 is 1.00 bits per heavy atom. The van der Waals surface area contributed by atoms with Crippen LogP contribution < -0.4 is 16.0 Å². The van der Waals surface area contributed by atoms with E-state index in [1.54, 1.807) is 6.33 Å². The monoisotopic (exact) mass is 269 g/mol. The number of anilines is 4. The van der Waals surface area contributed by atoms with E-state index in [9.17, 15) is 0 Å². The van der Waals surface area contributed by atoms with Crippen LogP contribution in [0, 0.1) is 0 Å². The van der Waals surface area contributed by atoms with Crippen molar-refractivity contribution in [2.45, 2.75) is 25.3 Å². The van der Waals surface area contributed by atoms with Crippen LogP contribution in [0.3, 0.4) is 0 Å². The van der Waals surface area contributed by atoms with Crippen LogP contribution in [0.4, 0.5) is 23.0 Å². The Kier molecular flexibility index (Phi) is 3.67. The van der Waals surface area contributed by atoms with Crippen LogP contribution in [0.15, 0.2) is 36.7 Å². The van der Waals surface area contributed by atoms with E-state index in [1.807, 2.05) is 37.4 Å². The fourth-order valence-corrected chi connectivity index (χ4v) is 2.13. The molecule has 1 aliphatic rings. The molecule has 0 unspecified atom stereocenters. The summed E-state index contributed by atoms with van der Waals surface area (Å²) in [7, 11) is 1.91. The van der Waals surface area contributed by atoms with Crippen LogP contribution in [0.1, 0.15) is 19.3 Å². The SMILES string of the molecule is CNc1ccc(Nc2cc(NC3CCC3)ncn2)cc1. The van der Waals surface area contributed by atoms with Crippen molar-refractivity contribution >= 4 is 23.0 Å². The maximum Gasteiger partial charge on any atom is 0.135 e. The Morgan fingerprint density at radius 2 is 1.70 bits per heavy atom. The zero-order valence-corrected chi connectivity index (χ0v) is 11.6. The molecular formula is C15H19N5. The minimum Gasteiger partial charge on any atom is -0.388 e. The molecule has 5 heteroatoms. The van der Waals surface area contributed by atoms with Crippen LogP contribution in [-0.4, -0.2) is 23.1 Å². The number of benzene rings is 1. The highest BCUT2D eigenvalue weighted by atomic mass is 15.1. The molecule has 0 amide bonds. The summed E-state index contributed by atoms with van der Waals surface area (Å²) in [5.41, 5.74) is 2.10. The normalized spacial score (nSPS) is 14.4. The Balaban J connectivity index is 1.67. The van der Waals surface area contributed by atoms with Crippen LogP contribution >= 0.6 is 0 Å². The summed E-state index contributed by atoms with van der Waals surface area (Å²) >= 11 is 0. The first-order chi connectivity index (χ1) is 9.83. The molecule has 0 bridgehead atoms. The van der Waals surface area contributed by atoms with E-state index in [4.69, 9.17) is 0 Å². The molecule has 104 valence electrons. The second-order valence-corrected chi connectivity index (χ2v) is 5.01. The van der Waals surface area contributed by atoms with Gasteiger partial charge in [0.2, 0.25) is 0 Å². The highest BCUT2D eigenvalue weighted by Crippen LogP contribution is 2.23. The summed E-state index contributed by atoms with van der Waals surface area (Å²) in [5, 5.41) is 9.81. The summed E-state index contributed by atoms with van der Waals surface area (Å²) < 4.78 is 0.